The van der Waals surface area contributed by atoms with Gasteiger partial charge in [-0.2, -0.15) is 5.10 Å². The Morgan fingerprint density at radius 2 is 1.69 bits per heavy atom. The van der Waals surface area contributed by atoms with Crippen LogP contribution in [0.4, 0.5) is 0 Å². The number of aromatic amines is 1. The number of amides is 2. The summed E-state index contributed by atoms with van der Waals surface area (Å²) in [7, 11) is 1.65. The molecule has 2 aliphatic rings. The van der Waals surface area contributed by atoms with Crippen LogP contribution >= 0.6 is 11.3 Å². The lowest BCUT2D eigenvalue weighted by Gasteiger charge is -2.59. The molecule has 4 heterocycles. The number of hydrogen-bond acceptors (Lipinski definition) is 5. The molecule has 7 nitrogen and oxygen atoms in total. The first kappa shape index (κ1) is 20.8. The number of ether oxygens (including phenoxy) is 1. The quantitative estimate of drug-likeness (QED) is 0.640. The van der Waals surface area contributed by atoms with Crippen LogP contribution in [0.15, 0.2) is 41.8 Å². The molecule has 1 N–H and O–H groups in total. The number of hydrogen-bond donors (Lipinski definition) is 1. The van der Waals surface area contributed by atoms with E-state index >= 15 is 0 Å². The average Bonchev–Trinajstić information content (AvgIpc) is 3.41. The zero-order valence-corrected chi connectivity index (χ0v) is 19.2. The predicted octanol–water partition coefficient (Wildman–Crippen LogP) is 3.87. The second kappa shape index (κ2) is 7.78. The highest BCUT2D eigenvalue weighted by Crippen LogP contribution is 2.41. The van der Waals surface area contributed by atoms with Crippen molar-refractivity contribution < 1.29 is 14.3 Å². The van der Waals surface area contributed by atoms with Gasteiger partial charge in [-0.25, -0.2) is 0 Å². The van der Waals surface area contributed by atoms with Gasteiger partial charge in [-0.15, -0.1) is 11.3 Å². The zero-order valence-electron chi connectivity index (χ0n) is 18.4. The van der Waals surface area contributed by atoms with Crippen LogP contribution in [0.25, 0.3) is 11.1 Å². The minimum atomic E-state index is -0.0362. The maximum atomic E-state index is 12.9. The molecule has 1 spiro atoms. The zero-order chi connectivity index (χ0) is 22.5. The van der Waals surface area contributed by atoms with Crippen molar-refractivity contribution in [2.75, 3.05) is 33.3 Å². The number of rotatable bonds is 5. The van der Waals surface area contributed by atoms with E-state index in [1.54, 1.807) is 7.11 Å². The first-order valence-electron chi connectivity index (χ1n) is 10.7. The Morgan fingerprint density at radius 3 is 2.28 bits per heavy atom. The number of thiophene rings is 1. The number of nitrogens with zero attached hydrogens (tertiary/aromatic N) is 3. The van der Waals surface area contributed by atoms with Gasteiger partial charge in [0.05, 0.1) is 12.0 Å². The SMILES string of the molecule is COc1ccc(-c2csc(C(=O)N3CC4(CN(C(=O)c5cc(C(C)C)[nH]n5)C4)C3)c2)cc1. The Morgan fingerprint density at radius 1 is 1.03 bits per heavy atom. The number of H-pyrrole nitrogens is 1. The standard InChI is InChI=1S/C24H26N4O3S/c1-15(2)19-9-20(26-25-19)22(29)27-11-24(12-27)13-28(14-24)23(30)21-8-17(10-32-21)16-4-6-18(31-3)7-5-16/h4-10,15H,11-14H2,1-3H3,(H,25,26). The van der Waals surface area contributed by atoms with Crippen molar-refractivity contribution in [2.24, 2.45) is 5.41 Å². The Kier molecular flexibility index (Phi) is 5.04. The minimum Gasteiger partial charge on any atom is -0.497 e. The van der Waals surface area contributed by atoms with Crippen LogP contribution in [0.5, 0.6) is 5.75 Å². The first-order valence-corrected chi connectivity index (χ1v) is 11.6. The van der Waals surface area contributed by atoms with Crippen LogP contribution in [0, 0.1) is 5.41 Å². The summed E-state index contributed by atoms with van der Waals surface area (Å²) in [6, 6.07) is 11.6. The van der Waals surface area contributed by atoms with Crippen molar-refractivity contribution in [1.82, 2.24) is 20.0 Å². The summed E-state index contributed by atoms with van der Waals surface area (Å²) in [4.78, 5) is 30.0. The van der Waals surface area contributed by atoms with E-state index in [0.29, 0.717) is 37.8 Å². The summed E-state index contributed by atoms with van der Waals surface area (Å²) in [5.41, 5.74) is 3.58. The topological polar surface area (TPSA) is 78.5 Å². The van der Waals surface area contributed by atoms with Crippen LogP contribution in [-0.4, -0.2) is 65.1 Å². The first-order chi connectivity index (χ1) is 15.4. The van der Waals surface area contributed by atoms with Crippen LogP contribution in [0.3, 0.4) is 0 Å². The van der Waals surface area contributed by atoms with Gasteiger partial charge in [0, 0.05) is 37.3 Å². The highest BCUT2D eigenvalue weighted by Gasteiger charge is 2.54. The smallest absolute Gasteiger partial charge is 0.274 e. The van der Waals surface area contributed by atoms with Crippen LogP contribution < -0.4 is 4.74 Å². The Bertz CT molecular complexity index is 1150. The van der Waals surface area contributed by atoms with Gasteiger partial charge in [0.25, 0.3) is 11.8 Å². The fourth-order valence-electron chi connectivity index (χ4n) is 4.46. The molecular weight excluding hydrogens is 424 g/mol. The number of carbonyl (C=O) groups excluding carboxylic acids is 2. The van der Waals surface area contributed by atoms with Gasteiger partial charge in [0.2, 0.25) is 0 Å². The number of methoxy groups -OCH3 is 1. The van der Waals surface area contributed by atoms with Crippen LogP contribution in [0.1, 0.15) is 45.6 Å². The van der Waals surface area contributed by atoms with Crippen molar-refractivity contribution in [1.29, 1.82) is 0 Å². The number of carbonyl (C=O) groups is 2. The van der Waals surface area contributed by atoms with Crippen molar-refractivity contribution >= 4 is 23.2 Å². The lowest BCUT2D eigenvalue weighted by atomic mass is 9.72. The van der Waals surface area contributed by atoms with Gasteiger partial charge in [-0.1, -0.05) is 26.0 Å². The normalized spacial score (nSPS) is 16.8. The molecule has 0 radical (unpaired) electrons. The van der Waals surface area contributed by atoms with Crippen molar-refractivity contribution in [2.45, 2.75) is 19.8 Å². The largest absolute Gasteiger partial charge is 0.497 e. The fraction of sp³-hybridized carbons (Fsp3) is 0.375. The monoisotopic (exact) mass is 450 g/mol. The van der Waals surface area contributed by atoms with Crippen molar-refractivity contribution in [3.05, 3.63) is 58.0 Å². The molecule has 8 heteroatoms. The van der Waals surface area contributed by atoms with Crippen molar-refractivity contribution in [3.63, 3.8) is 0 Å². The summed E-state index contributed by atoms with van der Waals surface area (Å²) in [5.74, 6) is 1.15. The second-order valence-electron chi connectivity index (χ2n) is 9.11. The van der Waals surface area contributed by atoms with E-state index in [0.717, 1.165) is 27.4 Å². The molecule has 2 saturated heterocycles. The lowest BCUT2D eigenvalue weighted by Crippen LogP contribution is -2.73. The third-order valence-corrected chi connectivity index (χ3v) is 7.27. The van der Waals surface area contributed by atoms with Gasteiger partial charge in [0.15, 0.2) is 0 Å². The molecule has 0 bridgehead atoms. The van der Waals surface area contributed by atoms with Gasteiger partial charge < -0.3 is 14.5 Å². The molecule has 1 aromatic carbocycles. The number of benzene rings is 1. The molecule has 2 fully saturated rings. The lowest BCUT2D eigenvalue weighted by molar-refractivity contribution is -0.0822. The van der Waals surface area contributed by atoms with Gasteiger partial charge in [-0.3, -0.25) is 14.7 Å². The Labute approximate surface area is 191 Å². The molecule has 3 aromatic rings. The number of likely N-dealkylation sites (tertiary alicyclic amines) is 2. The molecule has 2 aliphatic heterocycles. The molecule has 0 saturated carbocycles. The number of nitrogens with one attached hydrogen (secondary N) is 1. The minimum absolute atomic E-state index is 0.0362. The van der Waals surface area contributed by atoms with E-state index in [1.807, 2.05) is 51.6 Å². The van der Waals surface area contributed by atoms with Crippen LogP contribution in [-0.2, 0) is 0 Å². The predicted molar refractivity (Wildman–Crippen MR) is 123 cm³/mol. The molecule has 2 amide bonds. The van der Waals surface area contributed by atoms with E-state index in [-0.39, 0.29) is 17.2 Å². The molecule has 32 heavy (non-hydrogen) atoms. The van der Waals surface area contributed by atoms with Crippen molar-refractivity contribution in [3.8, 4) is 16.9 Å². The molecule has 0 aliphatic carbocycles. The Hall–Kier alpha value is -3.13. The summed E-state index contributed by atoms with van der Waals surface area (Å²) in [6.07, 6.45) is 0. The maximum absolute atomic E-state index is 12.9. The number of aromatic nitrogens is 2. The van der Waals surface area contributed by atoms with E-state index in [9.17, 15) is 9.59 Å². The highest BCUT2D eigenvalue weighted by molar-refractivity contribution is 7.12. The van der Waals surface area contributed by atoms with Crippen LogP contribution in [0.2, 0.25) is 0 Å². The Balaban J connectivity index is 1.16. The van der Waals surface area contributed by atoms with E-state index in [1.165, 1.54) is 11.3 Å². The highest BCUT2D eigenvalue weighted by atomic mass is 32.1. The van der Waals surface area contributed by atoms with E-state index in [4.69, 9.17) is 4.74 Å². The van der Waals surface area contributed by atoms with Gasteiger partial charge in [-0.05, 0) is 46.7 Å². The summed E-state index contributed by atoms with van der Waals surface area (Å²) in [6.45, 7) is 6.89. The third-order valence-electron chi connectivity index (χ3n) is 6.35. The summed E-state index contributed by atoms with van der Waals surface area (Å²) in [5, 5.41) is 9.12. The summed E-state index contributed by atoms with van der Waals surface area (Å²) < 4.78 is 5.21. The van der Waals surface area contributed by atoms with Gasteiger partial charge in [0.1, 0.15) is 11.4 Å². The summed E-state index contributed by atoms with van der Waals surface area (Å²) >= 11 is 1.47. The maximum Gasteiger partial charge on any atom is 0.274 e. The molecule has 166 valence electrons. The molecular formula is C24H26N4O3S. The molecule has 0 atom stereocenters. The van der Waals surface area contributed by atoms with Gasteiger partial charge >= 0.3 is 0 Å². The molecule has 0 unspecified atom stereocenters. The molecule has 2 aromatic heterocycles. The average molecular weight is 451 g/mol. The third kappa shape index (κ3) is 3.58. The second-order valence-corrected chi connectivity index (χ2v) is 10.0. The van der Waals surface area contributed by atoms with E-state index < -0.39 is 0 Å². The fourth-order valence-corrected chi connectivity index (χ4v) is 5.34. The van der Waals surface area contributed by atoms with E-state index in [2.05, 4.69) is 24.0 Å². The molecule has 5 rings (SSSR count).